The van der Waals surface area contributed by atoms with Crippen LogP contribution in [0.15, 0.2) is 60.7 Å². The molecule has 5 heteroatoms. The van der Waals surface area contributed by atoms with Gasteiger partial charge in [-0.05, 0) is 25.0 Å². The molecule has 1 N–H and O–H groups in total. The number of ether oxygens (including phenoxy) is 1. The molecular weight excluding hydrogens is 350 g/mol. The standard InChI is InChI=1S/C21H24ClNO3/c1-21(2,15-22)20(25)23-18(13-16-9-5-3-6-10-16)19(24)26-14-17-11-7-4-8-12-17/h3-12,18H,13-15H2,1-2H3,(H,23,25)/t18-/m0/s1. The van der Waals surface area contributed by atoms with Crippen molar-refractivity contribution in [1.82, 2.24) is 5.32 Å². The van der Waals surface area contributed by atoms with Crippen LogP contribution in [0.3, 0.4) is 0 Å². The summed E-state index contributed by atoms with van der Waals surface area (Å²) in [4.78, 5) is 25.1. The molecule has 0 saturated heterocycles. The first-order chi connectivity index (χ1) is 12.4. The molecule has 26 heavy (non-hydrogen) atoms. The smallest absolute Gasteiger partial charge is 0.329 e. The van der Waals surface area contributed by atoms with Gasteiger partial charge in [0.1, 0.15) is 12.6 Å². The Hall–Kier alpha value is -2.33. The predicted molar refractivity (Wildman–Crippen MR) is 103 cm³/mol. The van der Waals surface area contributed by atoms with Gasteiger partial charge in [-0.2, -0.15) is 0 Å². The van der Waals surface area contributed by atoms with Crippen LogP contribution in [-0.4, -0.2) is 23.8 Å². The lowest BCUT2D eigenvalue weighted by molar-refractivity contribution is -0.150. The topological polar surface area (TPSA) is 55.4 Å². The van der Waals surface area contributed by atoms with Gasteiger partial charge in [-0.1, -0.05) is 60.7 Å². The summed E-state index contributed by atoms with van der Waals surface area (Å²) >= 11 is 5.88. The summed E-state index contributed by atoms with van der Waals surface area (Å²) < 4.78 is 5.42. The molecule has 1 amide bonds. The minimum atomic E-state index is -0.768. The van der Waals surface area contributed by atoms with Gasteiger partial charge in [0.15, 0.2) is 0 Å². The van der Waals surface area contributed by atoms with Gasteiger partial charge < -0.3 is 10.1 Å². The lowest BCUT2D eigenvalue weighted by atomic mass is 9.94. The third-order valence-electron chi connectivity index (χ3n) is 4.05. The highest BCUT2D eigenvalue weighted by Gasteiger charge is 2.31. The van der Waals surface area contributed by atoms with E-state index >= 15 is 0 Å². The first-order valence-electron chi connectivity index (χ1n) is 8.54. The van der Waals surface area contributed by atoms with Gasteiger partial charge in [0.05, 0.1) is 5.41 Å². The minimum absolute atomic E-state index is 0.163. The molecule has 0 aliphatic carbocycles. The second-order valence-electron chi connectivity index (χ2n) is 6.83. The molecule has 0 aliphatic rings. The average Bonchev–Trinajstić information content (AvgIpc) is 2.67. The van der Waals surface area contributed by atoms with E-state index < -0.39 is 17.4 Å². The number of carbonyl (C=O) groups excluding carboxylic acids is 2. The highest BCUT2D eigenvalue weighted by atomic mass is 35.5. The van der Waals surface area contributed by atoms with Crippen LogP contribution in [0.4, 0.5) is 0 Å². The zero-order valence-corrected chi connectivity index (χ0v) is 15.8. The van der Waals surface area contributed by atoms with Gasteiger partial charge in [-0.25, -0.2) is 4.79 Å². The van der Waals surface area contributed by atoms with E-state index in [-0.39, 0.29) is 18.4 Å². The number of hydrogen-bond acceptors (Lipinski definition) is 3. The summed E-state index contributed by atoms with van der Waals surface area (Å²) in [5.41, 5.74) is 1.07. The monoisotopic (exact) mass is 373 g/mol. The first kappa shape index (κ1) is 20.0. The van der Waals surface area contributed by atoms with E-state index in [2.05, 4.69) is 5.32 Å². The van der Waals surface area contributed by atoms with Crippen molar-refractivity contribution in [3.05, 3.63) is 71.8 Å². The first-order valence-corrected chi connectivity index (χ1v) is 9.07. The van der Waals surface area contributed by atoms with Gasteiger partial charge in [0.25, 0.3) is 0 Å². The van der Waals surface area contributed by atoms with Crippen molar-refractivity contribution in [3.8, 4) is 0 Å². The number of nitrogens with one attached hydrogen (secondary N) is 1. The SMILES string of the molecule is CC(C)(CCl)C(=O)N[C@@H](Cc1ccccc1)C(=O)OCc1ccccc1. The molecule has 0 aliphatic heterocycles. The highest BCUT2D eigenvalue weighted by Crippen LogP contribution is 2.18. The maximum Gasteiger partial charge on any atom is 0.329 e. The molecule has 1 atom stereocenters. The fourth-order valence-electron chi connectivity index (χ4n) is 2.29. The zero-order valence-electron chi connectivity index (χ0n) is 15.1. The lowest BCUT2D eigenvalue weighted by Crippen LogP contribution is -2.48. The molecule has 0 fully saturated rings. The van der Waals surface area contributed by atoms with Crippen molar-refractivity contribution in [1.29, 1.82) is 0 Å². The van der Waals surface area contributed by atoms with Crippen molar-refractivity contribution in [3.63, 3.8) is 0 Å². The maximum atomic E-state index is 12.6. The summed E-state index contributed by atoms with van der Waals surface area (Å²) in [5, 5.41) is 2.79. The molecule has 2 aromatic rings. The van der Waals surface area contributed by atoms with Crippen molar-refractivity contribution in [2.24, 2.45) is 5.41 Å². The predicted octanol–water partition coefficient (Wildman–Crippen LogP) is 3.72. The van der Waals surface area contributed by atoms with Gasteiger partial charge in [0, 0.05) is 12.3 Å². The average molecular weight is 374 g/mol. The summed E-state index contributed by atoms with van der Waals surface area (Å²) in [5.74, 6) is -0.572. The molecule has 0 bridgehead atoms. The van der Waals surface area contributed by atoms with Crippen LogP contribution in [-0.2, 0) is 27.4 Å². The van der Waals surface area contributed by atoms with E-state index in [0.717, 1.165) is 11.1 Å². The number of amides is 1. The number of carbonyl (C=O) groups is 2. The summed E-state index contributed by atoms with van der Waals surface area (Å²) in [6.07, 6.45) is 0.360. The Labute approximate surface area is 159 Å². The van der Waals surface area contributed by atoms with E-state index in [1.165, 1.54) is 0 Å². The van der Waals surface area contributed by atoms with Crippen LogP contribution in [0, 0.1) is 5.41 Å². The number of halogens is 1. The van der Waals surface area contributed by atoms with Crippen LogP contribution in [0.2, 0.25) is 0 Å². The molecule has 2 rings (SSSR count). The number of esters is 1. The molecular formula is C21H24ClNO3. The second-order valence-corrected chi connectivity index (χ2v) is 7.09. The Morgan fingerprint density at radius 1 is 1.00 bits per heavy atom. The van der Waals surface area contributed by atoms with E-state index in [1.807, 2.05) is 60.7 Å². The van der Waals surface area contributed by atoms with Crippen LogP contribution in [0.1, 0.15) is 25.0 Å². The number of benzene rings is 2. The molecule has 0 aromatic heterocycles. The fraction of sp³-hybridized carbons (Fsp3) is 0.333. The van der Waals surface area contributed by atoms with Crippen molar-refractivity contribution < 1.29 is 14.3 Å². The number of hydrogen-bond donors (Lipinski definition) is 1. The Morgan fingerprint density at radius 2 is 1.54 bits per heavy atom. The molecule has 138 valence electrons. The van der Waals surface area contributed by atoms with Crippen molar-refractivity contribution in [2.75, 3.05) is 5.88 Å². The van der Waals surface area contributed by atoms with Crippen LogP contribution in [0.25, 0.3) is 0 Å². The fourth-order valence-corrected chi connectivity index (χ4v) is 2.41. The third-order valence-corrected chi connectivity index (χ3v) is 4.71. The van der Waals surface area contributed by atoms with Gasteiger partial charge in [-0.15, -0.1) is 11.6 Å². The molecule has 0 radical (unpaired) electrons. The van der Waals surface area contributed by atoms with Crippen LogP contribution >= 0.6 is 11.6 Å². The maximum absolute atomic E-state index is 12.6. The van der Waals surface area contributed by atoms with Gasteiger partial charge >= 0.3 is 5.97 Å². The highest BCUT2D eigenvalue weighted by molar-refractivity contribution is 6.19. The molecule has 0 saturated carbocycles. The lowest BCUT2D eigenvalue weighted by Gasteiger charge is -2.25. The normalized spacial score (nSPS) is 12.3. The quantitative estimate of drug-likeness (QED) is 0.566. The van der Waals surface area contributed by atoms with Crippen molar-refractivity contribution >= 4 is 23.5 Å². The Balaban J connectivity index is 2.08. The van der Waals surface area contributed by atoms with Gasteiger partial charge in [0.2, 0.25) is 5.91 Å². The number of alkyl halides is 1. The van der Waals surface area contributed by atoms with E-state index in [9.17, 15) is 9.59 Å². The van der Waals surface area contributed by atoms with Crippen molar-refractivity contribution in [2.45, 2.75) is 32.9 Å². The van der Waals surface area contributed by atoms with E-state index in [4.69, 9.17) is 16.3 Å². The van der Waals surface area contributed by atoms with E-state index in [1.54, 1.807) is 13.8 Å². The minimum Gasteiger partial charge on any atom is -0.459 e. The summed E-state index contributed by atoms with van der Waals surface area (Å²) in [6.45, 7) is 3.65. The van der Waals surface area contributed by atoms with Crippen LogP contribution < -0.4 is 5.32 Å². The largest absolute Gasteiger partial charge is 0.459 e. The second kappa shape index (κ2) is 9.39. The molecule has 0 heterocycles. The summed E-state index contributed by atoms with van der Waals surface area (Å²) in [7, 11) is 0. The summed E-state index contributed by atoms with van der Waals surface area (Å²) in [6, 6.07) is 18.2. The molecule has 2 aromatic carbocycles. The molecule has 4 nitrogen and oxygen atoms in total. The van der Waals surface area contributed by atoms with E-state index in [0.29, 0.717) is 6.42 Å². The number of rotatable bonds is 8. The zero-order chi connectivity index (χ0) is 19.0. The molecule has 0 unspecified atom stereocenters. The van der Waals surface area contributed by atoms with Crippen LogP contribution in [0.5, 0.6) is 0 Å². The third kappa shape index (κ3) is 5.88. The Morgan fingerprint density at radius 3 is 2.08 bits per heavy atom. The Kier molecular flexibility index (Phi) is 7.22. The molecule has 0 spiro atoms. The Bertz CT molecular complexity index is 717. The van der Waals surface area contributed by atoms with Gasteiger partial charge in [-0.3, -0.25) is 4.79 Å².